The van der Waals surface area contributed by atoms with E-state index in [-0.39, 0.29) is 4.90 Å². The fourth-order valence-corrected chi connectivity index (χ4v) is 1.73. The van der Waals surface area contributed by atoms with Crippen molar-refractivity contribution in [2.24, 2.45) is 5.14 Å². The van der Waals surface area contributed by atoms with Gasteiger partial charge in [0.25, 0.3) is 0 Å². The van der Waals surface area contributed by atoms with Crippen LogP contribution >= 0.6 is 0 Å². The van der Waals surface area contributed by atoms with Gasteiger partial charge in [0.15, 0.2) is 5.82 Å². The molecule has 17 heavy (non-hydrogen) atoms. The molecule has 90 valence electrons. The molecule has 2 aromatic rings. The van der Waals surface area contributed by atoms with Gasteiger partial charge in [-0.15, -0.1) is 0 Å². The number of nitrogens with two attached hydrogens (primary N) is 1. The van der Waals surface area contributed by atoms with Crippen molar-refractivity contribution >= 4 is 15.7 Å². The Labute approximate surface area is 97.7 Å². The van der Waals surface area contributed by atoms with Gasteiger partial charge in [-0.3, -0.25) is 0 Å². The first-order valence-electron chi connectivity index (χ1n) is 4.68. The highest BCUT2D eigenvalue weighted by Gasteiger charge is 2.06. The van der Waals surface area contributed by atoms with Crippen molar-refractivity contribution < 1.29 is 12.9 Å². The Hall–Kier alpha value is -1.93. The van der Waals surface area contributed by atoms with Crippen molar-refractivity contribution in [3.05, 3.63) is 36.5 Å². The maximum Gasteiger partial charge on any atom is 0.238 e. The van der Waals surface area contributed by atoms with E-state index < -0.39 is 10.0 Å². The SMILES string of the molecule is NS(=O)(=O)c1ccc(NCc2ncon2)cc1. The van der Waals surface area contributed by atoms with Gasteiger partial charge in [-0.05, 0) is 24.3 Å². The summed E-state index contributed by atoms with van der Waals surface area (Å²) in [7, 11) is -3.65. The molecule has 0 bridgehead atoms. The second kappa shape index (κ2) is 4.52. The molecular formula is C9H10N4O3S. The number of primary sulfonamides is 1. The molecule has 0 saturated heterocycles. The third-order valence-electron chi connectivity index (χ3n) is 2.04. The topological polar surface area (TPSA) is 111 Å². The summed E-state index contributed by atoms with van der Waals surface area (Å²) < 4.78 is 26.6. The molecule has 0 spiro atoms. The zero-order chi connectivity index (χ0) is 12.3. The van der Waals surface area contributed by atoms with Crippen LogP contribution in [0.3, 0.4) is 0 Å². The van der Waals surface area contributed by atoms with Crippen LogP contribution in [-0.4, -0.2) is 18.6 Å². The van der Waals surface area contributed by atoms with Crippen LogP contribution in [0.5, 0.6) is 0 Å². The average Bonchev–Trinajstić information content (AvgIpc) is 2.78. The summed E-state index contributed by atoms with van der Waals surface area (Å²) in [5.74, 6) is 0.514. The van der Waals surface area contributed by atoms with Gasteiger partial charge >= 0.3 is 0 Å². The lowest BCUT2D eigenvalue weighted by Gasteiger charge is -2.04. The molecule has 1 aromatic heterocycles. The summed E-state index contributed by atoms with van der Waals surface area (Å²) in [6.45, 7) is 0.394. The lowest BCUT2D eigenvalue weighted by atomic mass is 10.3. The van der Waals surface area contributed by atoms with Gasteiger partial charge in [-0.25, -0.2) is 13.6 Å². The standard InChI is InChI=1S/C9H10N4O3S/c10-17(14,15)8-3-1-7(2-4-8)11-5-9-12-6-16-13-9/h1-4,6,11H,5H2,(H2,10,14,15). The van der Waals surface area contributed by atoms with Crippen molar-refractivity contribution in [1.82, 2.24) is 10.1 Å². The molecule has 0 fully saturated rings. The summed E-state index contributed by atoms with van der Waals surface area (Å²) >= 11 is 0. The number of rotatable bonds is 4. The monoisotopic (exact) mass is 254 g/mol. The van der Waals surface area contributed by atoms with Crippen LogP contribution in [0.2, 0.25) is 0 Å². The molecule has 8 heteroatoms. The third kappa shape index (κ3) is 3.02. The number of hydrogen-bond donors (Lipinski definition) is 2. The van der Waals surface area contributed by atoms with Crippen LogP contribution < -0.4 is 10.5 Å². The summed E-state index contributed by atoms with van der Waals surface area (Å²) in [4.78, 5) is 3.90. The molecule has 0 saturated carbocycles. The van der Waals surface area contributed by atoms with Crippen LogP contribution in [0, 0.1) is 0 Å². The van der Waals surface area contributed by atoms with Crippen LogP contribution in [0.15, 0.2) is 40.1 Å². The fraction of sp³-hybridized carbons (Fsp3) is 0.111. The molecule has 2 rings (SSSR count). The van der Waals surface area contributed by atoms with E-state index >= 15 is 0 Å². The minimum Gasteiger partial charge on any atom is -0.378 e. The zero-order valence-corrected chi connectivity index (χ0v) is 9.52. The lowest BCUT2D eigenvalue weighted by Crippen LogP contribution is -2.12. The van der Waals surface area contributed by atoms with Gasteiger partial charge in [-0.2, -0.15) is 4.98 Å². The Balaban J connectivity index is 2.04. The molecule has 0 amide bonds. The molecule has 7 nitrogen and oxygen atoms in total. The Morgan fingerprint density at radius 3 is 2.53 bits per heavy atom. The smallest absolute Gasteiger partial charge is 0.238 e. The van der Waals surface area contributed by atoms with E-state index in [0.29, 0.717) is 12.4 Å². The second-order valence-electron chi connectivity index (χ2n) is 3.27. The fourth-order valence-electron chi connectivity index (χ4n) is 1.21. The molecule has 0 aliphatic heterocycles. The third-order valence-corrected chi connectivity index (χ3v) is 2.97. The van der Waals surface area contributed by atoms with Crippen molar-refractivity contribution in [3.8, 4) is 0 Å². The first-order chi connectivity index (χ1) is 8.05. The molecule has 0 aliphatic carbocycles. The first-order valence-corrected chi connectivity index (χ1v) is 6.22. The van der Waals surface area contributed by atoms with E-state index in [2.05, 4.69) is 20.0 Å². The van der Waals surface area contributed by atoms with Gasteiger partial charge in [0.2, 0.25) is 16.4 Å². The summed E-state index contributed by atoms with van der Waals surface area (Å²) in [5, 5.41) is 11.6. The maximum absolute atomic E-state index is 11.0. The van der Waals surface area contributed by atoms with E-state index in [9.17, 15) is 8.42 Å². The minimum absolute atomic E-state index is 0.0719. The minimum atomic E-state index is -3.65. The number of aromatic nitrogens is 2. The van der Waals surface area contributed by atoms with Crippen LogP contribution in [0.25, 0.3) is 0 Å². The molecule has 3 N–H and O–H groups in total. The van der Waals surface area contributed by atoms with Gasteiger partial charge in [0, 0.05) is 5.69 Å². The van der Waals surface area contributed by atoms with Crippen LogP contribution in [0.4, 0.5) is 5.69 Å². The van der Waals surface area contributed by atoms with Crippen molar-refractivity contribution in [2.45, 2.75) is 11.4 Å². The molecule has 0 aliphatic rings. The predicted octanol–water partition coefficient (Wildman–Crippen LogP) is 0.329. The van der Waals surface area contributed by atoms with Gasteiger partial charge in [-0.1, -0.05) is 5.16 Å². The molecule has 1 heterocycles. The number of anilines is 1. The number of hydrogen-bond acceptors (Lipinski definition) is 6. The zero-order valence-electron chi connectivity index (χ0n) is 8.70. The number of nitrogens with one attached hydrogen (secondary N) is 1. The number of nitrogens with zero attached hydrogens (tertiary/aromatic N) is 2. The van der Waals surface area contributed by atoms with E-state index in [1.807, 2.05) is 0 Å². The van der Waals surface area contributed by atoms with E-state index in [1.165, 1.54) is 18.5 Å². The molecule has 0 radical (unpaired) electrons. The van der Waals surface area contributed by atoms with Crippen LogP contribution in [-0.2, 0) is 16.6 Å². The van der Waals surface area contributed by atoms with Crippen LogP contribution in [0.1, 0.15) is 5.82 Å². The van der Waals surface area contributed by atoms with Crippen molar-refractivity contribution in [3.63, 3.8) is 0 Å². The second-order valence-corrected chi connectivity index (χ2v) is 4.83. The quantitative estimate of drug-likeness (QED) is 0.813. The van der Waals surface area contributed by atoms with E-state index in [0.717, 1.165) is 5.69 Å². The first kappa shape index (κ1) is 11.6. The lowest BCUT2D eigenvalue weighted by molar-refractivity contribution is 0.411. The summed E-state index contributed by atoms with van der Waals surface area (Å²) in [5.41, 5.74) is 0.738. The van der Waals surface area contributed by atoms with Gasteiger partial charge in [0.05, 0.1) is 11.4 Å². The largest absolute Gasteiger partial charge is 0.378 e. The molecular weight excluding hydrogens is 244 g/mol. The van der Waals surface area contributed by atoms with Crippen molar-refractivity contribution in [2.75, 3.05) is 5.32 Å². The highest BCUT2D eigenvalue weighted by atomic mass is 32.2. The maximum atomic E-state index is 11.0. The molecule has 1 aromatic carbocycles. The Morgan fingerprint density at radius 2 is 2.00 bits per heavy atom. The normalized spacial score (nSPS) is 11.4. The molecule has 0 atom stereocenters. The Kier molecular flexibility index (Phi) is 3.07. The highest BCUT2D eigenvalue weighted by molar-refractivity contribution is 7.89. The van der Waals surface area contributed by atoms with Gasteiger partial charge in [0.1, 0.15) is 0 Å². The van der Waals surface area contributed by atoms with E-state index in [4.69, 9.17) is 5.14 Å². The summed E-state index contributed by atoms with van der Waals surface area (Å²) in [6.07, 6.45) is 1.24. The highest BCUT2D eigenvalue weighted by Crippen LogP contribution is 2.13. The molecule has 0 unspecified atom stereocenters. The van der Waals surface area contributed by atoms with Gasteiger partial charge < -0.3 is 9.84 Å². The Bertz CT molecular complexity index is 577. The van der Waals surface area contributed by atoms with Crippen molar-refractivity contribution in [1.29, 1.82) is 0 Å². The van der Waals surface area contributed by atoms with E-state index in [1.54, 1.807) is 12.1 Å². The Morgan fingerprint density at radius 1 is 1.29 bits per heavy atom. The predicted molar refractivity (Wildman–Crippen MR) is 59.4 cm³/mol. The number of sulfonamides is 1. The summed E-state index contributed by atoms with van der Waals surface area (Å²) in [6, 6.07) is 6.07. The average molecular weight is 254 g/mol. The number of benzene rings is 1.